The van der Waals surface area contributed by atoms with Gasteiger partial charge in [0.15, 0.2) is 0 Å². The SMILES string of the molecule is O=S(=O)(Nc1ccc2oc(-c3ccccc3)cc2c1)c1ccc(Br)cc1. The molecule has 4 nitrogen and oxygen atoms in total. The third kappa shape index (κ3) is 3.38. The molecule has 0 unspecified atom stereocenters. The molecule has 0 spiro atoms. The lowest BCUT2D eigenvalue weighted by Gasteiger charge is -2.08. The number of sulfonamides is 1. The molecule has 0 saturated heterocycles. The van der Waals surface area contributed by atoms with Crippen molar-refractivity contribution in [3.63, 3.8) is 0 Å². The minimum Gasteiger partial charge on any atom is -0.456 e. The zero-order valence-corrected chi connectivity index (χ0v) is 15.9. The molecule has 6 heteroatoms. The van der Waals surface area contributed by atoms with E-state index in [2.05, 4.69) is 20.7 Å². The Morgan fingerprint density at radius 2 is 1.58 bits per heavy atom. The van der Waals surface area contributed by atoms with Crippen LogP contribution in [0.15, 0.2) is 92.6 Å². The van der Waals surface area contributed by atoms with Gasteiger partial charge in [0.25, 0.3) is 10.0 Å². The predicted octanol–water partition coefficient (Wildman–Crippen LogP) is 5.66. The third-order valence-corrected chi connectivity index (χ3v) is 5.88. The topological polar surface area (TPSA) is 59.3 Å². The summed E-state index contributed by atoms with van der Waals surface area (Å²) in [5, 5.41) is 0.833. The van der Waals surface area contributed by atoms with Gasteiger partial charge in [-0.15, -0.1) is 0 Å². The fraction of sp³-hybridized carbons (Fsp3) is 0. The number of hydrogen-bond donors (Lipinski definition) is 1. The van der Waals surface area contributed by atoms with Gasteiger partial charge in [0.1, 0.15) is 11.3 Å². The lowest BCUT2D eigenvalue weighted by atomic mass is 10.1. The number of nitrogens with one attached hydrogen (secondary N) is 1. The van der Waals surface area contributed by atoms with E-state index in [0.29, 0.717) is 11.3 Å². The molecule has 4 rings (SSSR count). The lowest BCUT2D eigenvalue weighted by molar-refractivity contribution is 0.601. The molecular formula is C20H14BrNO3S. The van der Waals surface area contributed by atoms with E-state index in [4.69, 9.17) is 4.42 Å². The van der Waals surface area contributed by atoms with Crippen LogP contribution in [0.25, 0.3) is 22.3 Å². The van der Waals surface area contributed by atoms with E-state index in [1.165, 1.54) is 0 Å². The van der Waals surface area contributed by atoms with E-state index in [-0.39, 0.29) is 4.90 Å². The van der Waals surface area contributed by atoms with Crippen molar-refractivity contribution in [3.05, 3.63) is 83.3 Å². The first-order valence-corrected chi connectivity index (χ1v) is 10.2. The number of benzene rings is 3. The zero-order chi connectivity index (χ0) is 18.1. The molecule has 0 saturated carbocycles. The number of anilines is 1. The van der Waals surface area contributed by atoms with Crippen LogP contribution in [0, 0.1) is 0 Å². The summed E-state index contributed by atoms with van der Waals surface area (Å²) in [6.45, 7) is 0. The second-order valence-electron chi connectivity index (χ2n) is 5.79. The molecule has 0 fully saturated rings. The van der Waals surface area contributed by atoms with E-state index < -0.39 is 10.0 Å². The van der Waals surface area contributed by atoms with Crippen molar-refractivity contribution in [1.82, 2.24) is 0 Å². The van der Waals surface area contributed by atoms with Gasteiger partial charge < -0.3 is 4.42 Å². The monoisotopic (exact) mass is 427 g/mol. The maximum absolute atomic E-state index is 12.5. The molecular weight excluding hydrogens is 414 g/mol. The minimum atomic E-state index is -3.65. The summed E-state index contributed by atoms with van der Waals surface area (Å²) in [7, 11) is -3.65. The Morgan fingerprint density at radius 1 is 0.846 bits per heavy atom. The lowest BCUT2D eigenvalue weighted by Crippen LogP contribution is -2.12. The molecule has 0 aliphatic carbocycles. The van der Waals surface area contributed by atoms with Crippen molar-refractivity contribution in [2.45, 2.75) is 4.90 Å². The van der Waals surface area contributed by atoms with Crippen LogP contribution in [0.5, 0.6) is 0 Å². The van der Waals surface area contributed by atoms with Crippen molar-refractivity contribution in [3.8, 4) is 11.3 Å². The summed E-state index contributed by atoms with van der Waals surface area (Å²) >= 11 is 3.30. The zero-order valence-electron chi connectivity index (χ0n) is 13.5. The fourth-order valence-corrected chi connectivity index (χ4v) is 3.99. The Hall–Kier alpha value is -2.57. The van der Waals surface area contributed by atoms with E-state index >= 15 is 0 Å². The van der Waals surface area contributed by atoms with Gasteiger partial charge >= 0.3 is 0 Å². The van der Waals surface area contributed by atoms with Crippen LogP contribution in [0.2, 0.25) is 0 Å². The molecule has 0 aliphatic heterocycles. The molecule has 1 N–H and O–H groups in total. The smallest absolute Gasteiger partial charge is 0.261 e. The fourth-order valence-electron chi connectivity index (χ4n) is 2.68. The molecule has 0 aliphatic rings. The van der Waals surface area contributed by atoms with Crippen molar-refractivity contribution in [2.24, 2.45) is 0 Å². The van der Waals surface area contributed by atoms with E-state index in [1.807, 2.05) is 36.4 Å². The highest BCUT2D eigenvalue weighted by molar-refractivity contribution is 9.10. The summed E-state index contributed by atoms with van der Waals surface area (Å²) in [4.78, 5) is 0.206. The van der Waals surface area contributed by atoms with E-state index in [1.54, 1.807) is 42.5 Å². The van der Waals surface area contributed by atoms with Crippen LogP contribution in [-0.2, 0) is 10.0 Å². The molecule has 1 aromatic heterocycles. The van der Waals surface area contributed by atoms with Gasteiger partial charge in [-0.05, 0) is 48.5 Å². The van der Waals surface area contributed by atoms with Gasteiger partial charge in [-0.3, -0.25) is 4.72 Å². The molecule has 1 heterocycles. The van der Waals surface area contributed by atoms with Gasteiger partial charge in [0.2, 0.25) is 0 Å². The largest absolute Gasteiger partial charge is 0.456 e. The molecule has 3 aromatic carbocycles. The number of rotatable bonds is 4. The maximum atomic E-state index is 12.5. The predicted molar refractivity (Wildman–Crippen MR) is 107 cm³/mol. The standard InChI is InChI=1S/C20H14BrNO3S/c21-16-6-9-18(10-7-16)26(23,24)22-17-8-11-19-15(12-17)13-20(25-19)14-4-2-1-3-5-14/h1-13,22H. The van der Waals surface area contributed by atoms with Crippen LogP contribution in [-0.4, -0.2) is 8.42 Å². The summed E-state index contributed by atoms with van der Waals surface area (Å²) in [6, 6.07) is 23.4. The molecule has 130 valence electrons. The maximum Gasteiger partial charge on any atom is 0.261 e. The molecule has 0 atom stereocenters. The third-order valence-electron chi connectivity index (χ3n) is 3.95. The average Bonchev–Trinajstić information content (AvgIpc) is 3.06. The highest BCUT2D eigenvalue weighted by atomic mass is 79.9. The number of hydrogen-bond acceptors (Lipinski definition) is 3. The Morgan fingerprint density at radius 3 is 2.31 bits per heavy atom. The second kappa shape index (κ2) is 6.63. The first kappa shape index (κ1) is 16.9. The van der Waals surface area contributed by atoms with E-state index in [0.717, 1.165) is 21.2 Å². The molecule has 0 radical (unpaired) electrons. The average molecular weight is 428 g/mol. The Kier molecular flexibility index (Phi) is 4.30. The van der Waals surface area contributed by atoms with Crippen LogP contribution in [0.3, 0.4) is 0 Å². The first-order valence-electron chi connectivity index (χ1n) is 7.89. The first-order chi connectivity index (χ1) is 12.5. The minimum absolute atomic E-state index is 0.206. The molecule has 0 amide bonds. The van der Waals surface area contributed by atoms with Crippen molar-refractivity contribution < 1.29 is 12.8 Å². The van der Waals surface area contributed by atoms with Gasteiger partial charge in [-0.2, -0.15) is 0 Å². The van der Waals surface area contributed by atoms with Crippen molar-refractivity contribution in [2.75, 3.05) is 4.72 Å². The summed E-state index contributed by atoms with van der Waals surface area (Å²) in [5.41, 5.74) is 2.16. The highest BCUT2D eigenvalue weighted by Crippen LogP contribution is 2.30. The van der Waals surface area contributed by atoms with Gasteiger partial charge in [0.05, 0.1) is 4.90 Å². The Balaban J connectivity index is 1.66. The van der Waals surface area contributed by atoms with Crippen LogP contribution >= 0.6 is 15.9 Å². The van der Waals surface area contributed by atoms with Crippen LogP contribution in [0.1, 0.15) is 0 Å². The van der Waals surface area contributed by atoms with Gasteiger partial charge in [-0.25, -0.2) is 8.42 Å². The quantitative estimate of drug-likeness (QED) is 0.456. The molecule has 26 heavy (non-hydrogen) atoms. The van der Waals surface area contributed by atoms with Crippen LogP contribution < -0.4 is 4.72 Å². The Labute approximate surface area is 159 Å². The summed E-state index contributed by atoms with van der Waals surface area (Å²) in [6.07, 6.45) is 0. The second-order valence-corrected chi connectivity index (χ2v) is 8.39. The van der Waals surface area contributed by atoms with Gasteiger partial charge in [0, 0.05) is 21.1 Å². The summed E-state index contributed by atoms with van der Waals surface area (Å²) < 4.78 is 34.3. The summed E-state index contributed by atoms with van der Waals surface area (Å²) in [5.74, 6) is 0.744. The number of halogens is 1. The number of furan rings is 1. The highest BCUT2D eigenvalue weighted by Gasteiger charge is 2.15. The molecule has 4 aromatic rings. The van der Waals surface area contributed by atoms with Gasteiger partial charge in [-0.1, -0.05) is 46.3 Å². The van der Waals surface area contributed by atoms with Crippen LogP contribution in [0.4, 0.5) is 5.69 Å². The normalized spacial score (nSPS) is 11.6. The van der Waals surface area contributed by atoms with Crippen molar-refractivity contribution >= 4 is 42.6 Å². The number of fused-ring (bicyclic) bond motifs is 1. The Bertz CT molecular complexity index is 1170. The van der Waals surface area contributed by atoms with E-state index in [9.17, 15) is 8.42 Å². The van der Waals surface area contributed by atoms with Crippen molar-refractivity contribution in [1.29, 1.82) is 0 Å². The molecule has 0 bridgehead atoms.